The van der Waals surface area contributed by atoms with Crippen LogP contribution in [0.5, 0.6) is 11.5 Å². The number of methoxy groups -OCH3 is 2. The maximum atomic E-state index is 15.7. The standard InChI is InChI=1S/2C30H30F3N5O3S/c2*1-17-15-36-37(2)28(17)19-12-23-27(35-16-19)25-22(13-20(42(4,39)40)14-24(25)41-3)38(23)29(26-21(31)6-5-11-34-26)18-7-9-30(32,33)10-8-18/h2*5-6,11-16,18,29H,7-10H2,1-4H3/i2*1D3. The van der Waals surface area contributed by atoms with Crippen LogP contribution in [0.3, 0.4) is 0 Å². The van der Waals surface area contributed by atoms with E-state index in [0.717, 1.165) is 12.5 Å². The van der Waals surface area contributed by atoms with E-state index < -0.39 is 106 Å². The highest BCUT2D eigenvalue weighted by atomic mass is 32.2. The topological polar surface area (TPSA) is 184 Å². The first-order valence-corrected chi connectivity index (χ1v) is 30.4. The highest BCUT2D eigenvalue weighted by molar-refractivity contribution is 7.91. The van der Waals surface area contributed by atoms with E-state index in [2.05, 4.69) is 20.2 Å². The van der Waals surface area contributed by atoms with Crippen molar-refractivity contribution in [2.24, 2.45) is 25.9 Å². The first-order valence-electron chi connectivity index (χ1n) is 29.7. The maximum absolute atomic E-state index is 15.7. The van der Waals surface area contributed by atoms with Crippen LogP contribution < -0.4 is 9.47 Å². The first-order chi connectivity index (χ1) is 42.2. The number of hydrogen-bond donors (Lipinski definition) is 0. The van der Waals surface area contributed by atoms with E-state index in [0.29, 0.717) is 55.0 Å². The molecule has 440 valence electrons. The van der Waals surface area contributed by atoms with Crippen LogP contribution in [-0.2, 0) is 33.8 Å². The number of benzene rings is 2. The number of aryl methyl sites for hydroxylation is 4. The molecule has 10 aromatic rings. The summed E-state index contributed by atoms with van der Waals surface area (Å²) in [6, 6.07) is 12.4. The van der Waals surface area contributed by atoms with Gasteiger partial charge in [0.15, 0.2) is 19.7 Å². The summed E-state index contributed by atoms with van der Waals surface area (Å²) in [5.74, 6) is -7.68. The van der Waals surface area contributed by atoms with Crippen LogP contribution in [0.2, 0.25) is 0 Å². The number of halogens is 6. The third-order valence-electron chi connectivity index (χ3n) is 16.2. The van der Waals surface area contributed by atoms with E-state index >= 15 is 8.78 Å². The zero-order chi connectivity index (χ0) is 64.9. The van der Waals surface area contributed by atoms with Crippen LogP contribution in [0.25, 0.3) is 66.4 Å². The lowest BCUT2D eigenvalue weighted by Crippen LogP contribution is -2.31. The van der Waals surface area contributed by atoms with Gasteiger partial charge in [0.1, 0.15) is 23.1 Å². The number of pyridine rings is 4. The average Bonchev–Trinajstić information content (AvgIpc) is 1.57. The molecule has 24 heteroatoms. The molecule has 0 amide bonds. The van der Waals surface area contributed by atoms with E-state index in [1.165, 1.54) is 109 Å². The molecule has 2 fully saturated rings. The van der Waals surface area contributed by atoms with E-state index in [9.17, 15) is 34.4 Å². The number of sulfone groups is 2. The molecule has 0 N–H and O–H groups in total. The predicted octanol–water partition coefficient (Wildman–Crippen LogP) is 12.5. The summed E-state index contributed by atoms with van der Waals surface area (Å²) in [7, 11) is -1.57. The molecule has 0 saturated heterocycles. The average molecular weight is 1200 g/mol. The van der Waals surface area contributed by atoms with E-state index in [1.54, 1.807) is 35.4 Å². The number of fused-ring (bicyclic) bond motifs is 6. The van der Waals surface area contributed by atoms with Crippen molar-refractivity contribution in [2.75, 3.05) is 26.7 Å². The molecule has 2 aromatic carbocycles. The number of rotatable bonds is 12. The molecule has 2 unspecified atom stereocenters. The SMILES string of the molecule is [2H]C([2H])([2H])c1cnn(C)c1-c1cnc2c3c(OC)cc(S(C)(=O)=O)cc3n(C(c3ncccc3F)C3CCC(F)(F)CC3)c2c1.[2H]C([2H])([2H])c1cnn(C)c1-c1cnc2c3c(OC)cc(S(C)(=O)=O)cc3n(C(c3ncccc3F)C3CCC(F)(F)CC3)c2c1. The Bertz CT molecular complexity index is 4390. The molecule has 2 aliphatic rings. The van der Waals surface area contributed by atoms with Crippen molar-refractivity contribution < 1.29 is 60.9 Å². The molecular weight excluding hydrogens is 1130 g/mol. The van der Waals surface area contributed by atoms with Crippen LogP contribution >= 0.6 is 0 Å². The zero-order valence-corrected chi connectivity index (χ0v) is 47.8. The molecule has 8 heterocycles. The van der Waals surface area contributed by atoms with Gasteiger partial charge in [0, 0.05) is 96.4 Å². The van der Waals surface area contributed by atoms with Crippen molar-refractivity contribution in [3.8, 4) is 34.0 Å². The monoisotopic (exact) mass is 1200 g/mol. The summed E-state index contributed by atoms with van der Waals surface area (Å²) in [4.78, 5) is 18.0. The van der Waals surface area contributed by atoms with Crippen LogP contribution in [0.1, 0.15) is 94.2 Å². The Kier molecular flexibility index (Phi) is 13.0. The Morgan fingerprint density at radius 3 is 1.29 bits per heavy atom. The molecule has 0 spiro atoms. The Morgan fingerprint density at radius 1 is 0.571 bits per heavy atom. The molecule has 2 aliphatic carbocycles. The predicted molar refractivity (Wildman–Crippen MR) is 306 cm³/mol. The van der Waals surface area contributed by atoms with E-state index in [4.69, 9.17) is 27.7 Å². The normalized spacial score (nSPS) is 18.1. The molecule has 12 rings (SSSR count). The van der Waals surface area contributed by atoms with Gasteiger partial charge in [-0.05, 0) is 123 Å². The van der Waals surface area contributed by atoms with Crippen molar-refractivity contribution >= 4 is 63.5 Å². The second-order valence-corrected chi connectivity index (χ2v) is 25.6. The van der Waals surface area contributed by atoms with Gasteiger partial charge in [-0.15, -0.1) is 0 Å². The van der Waals surface area contributed by atoms with Crippen molar-refractivity contribution in [1.29, 1.82) is 0 Å². The number of alkyl halides is 4. The fourth-order valence-electron chi connectivity index (χ4n) is 12.2. The summed E-state index contributed by atoms with van der Waals surface area (Å²) in [5, 5.41) is 9.17. The quantitative estimate of drug-likeness (QED) is 0.106. The van der Waals surface area contributed by atoms with Gasteiger partial charge in [-0.25, -0.2) is 43.2 Å². The van der Waals surface area contributed by atoms with Crippen LogP contribution in [0.4, 0.5) is 26.3 Å². The zero-order valence-electron chi connectivity index (χ0n) is 52.2. The Morgan fingerprint density at radius 2 is 0.952 bits per heavy atom. The van der Waals surface area contributed by atoms with Crippen LogP contribution in [-0.4, -0.2) is 104 Å². The molecular formula is C60H60F6N10O6S2. The minimum Gasteiger partial charge on any atom is -0.496 e. The second-order valence-electron chi connectivity index (χ2n) is 21.6. The van der Waals surface area contributed by atoms with Crippen molar-refractivity contribution in [3.63, 3.8) is 0 Å². The van der Waals surface area contributed by atoms with Gasteiger partial charge in [-0.3, -0.25) is 29.3 Å². The highest BCUT2D eigenvalue weighted by Crippen LogP contribution is 2.50. The Hall–Kier alpha value is -7.86. The minimum absolute atomic E-state index is 0.00404. The van der Waals surface area contributed by atoms with Crippen molar-refractivity contribution in [2.45, 2.75) is 98.8 Å². The van der Waals surface area contributed by atoms with Gasteiger partial charge in [0.2, 0.25) is 11.8 Å². The van der Waals surface area contributed by atoms with E-state index in [-0.39, 0.29) is 80.9 Å². The summed E-state index contributed by atoms with van der Waals surface area (Å²) < 4.78 is 206. The second kappa shape index (κ2) is 21.6. The molecule has 0 aliphatic heterocycles. The molecule has 0 radical (unpaired) electrons. The molecule has 2 saturated carbocycles. The summed E-state index contributed by atoms with van der Waals surface area (Å²) >= 11 is 0. The van der Waals surface area contributed by atoms with Gasteiger partial charge in [0.25, 0.3) is 0 Å². The molecule has 8 aromatic heterocycles. The molecule has 0 bridgehead atoms. The largest absolute Gasteiger partial charge is 0.496 e. The number of aromatic nitrogens is 10. The first kappa shape index (κ1) is 50.6. The molecule has 84 heavy (non-hydrogen) atoms. The molecule has 16 nitrogen and oxygen atoms in total. The molecule has 2 atom stereocenters. The van der Waals surface area contributed by atoms with Gasteiger partial charge in [0.05, 0.1) is 115 Å². The number of nitrogens with zero attached hydrogens (tertiary/aromatic N) is 10. The van der Waals surface area contributed by atoms with E-state index in [1.807, 2.05) is 0 Å². The lowest BCUT2D eigenvalue weighted by atomic mass is 9.80. The highest BCUT2D eigenvalue weighted by Gasteiger charge is 2.43. The lowest BCUT2D eigenvalue weighted by Gasteiger charge is -2.35. The van der Waals surface area contributed by atoms with Gasteiger partial charge in [-0.2, -0.15) is 10.2 Å². The summed E-state index contributed by atoms with van der Waals surface area (Å²) in [6.07, 6.45) is 9.02. The fourth-order valence-corrected chi connectivity index (χ4v) is 13.5. The maximum Gasteiger partial charge on any atom is 0.248 e. The van der Waals surface area contributed by atoms with Gasteiger partial charge in [-0.1, -0.05) is 0 Å². The summed E-state index contributed by atoms with van der Waals surface area (Å²) in [6.45, 7) is -4.99. The third-order valence-corrected chi connectivity index (χ3v) is 18.4. The number of ether oxygens (including phenoxy) is 2. The van der Waals surface area contributed by atoms with Crippen molar-refractivity contribution in [1.82, 2.24) is 48.6 Å². The smallest absolute Gasteiger partial charge is 0.248 e. The summed E-state index contributed by atoms with van der Waals surface area (Å²) in [5.41, 5.74) is 3.47. The van der Waals surface area contributed by atoms with Crippen molar-refractivity contribution in [3.05, 3.63) is 132 Å². The number of hydrogen-bond acceptors (Lipinski definition) is 12. The Balaban J connectivity index is 0.000000185. The third kappa shape index (κ3) is 10.5. The van der Waals surface area contributed by atoms with Crippen LogP contribution in [0, 0.1) is 37.2 Å². The fraction of sp³-hybridized carbons (Fsp3) is 0.367. The minimum atomic E-state index is -3.77. The Labute approximate surface area is 488 Å². The van der Waals surface area contributed by atoms with Crippen LogP contribution in [0.15, 0.2) is 108 Å². The van der Waals surface area contributed by atoms with Gasteiger partial charge < -0.3 is 18.6 Å². The lowest BCUT2D eigenvalue weighted by molar-refractivity contribution is -0.0501. The van der Waals surface area contributed by atoms with Gasteiger partial charge >= 0.3 is 0 Å².